The third-order valence-electron chi connectivity index (χ3n) is 3.16. The molecule has 0 spiro atoms. The molecule has 0 aliphatic carbocycles. The number of benzene rings is 2. The van der Waals surface area contributed by atoms with Gasteiger partial charge in [0.25, 0.3) is 0 Å². The van der Waals surface area contributed by atoms with E-state index in [9.17, 15) is 0 Å². The molecule has 0 saturated carbocycles. The molecule has 1 N–H and O–H groups in total. The van der Waals surface area contributed by atoms with Gasteiger partial charge in [-0.15, -0.1) is 0 Å². The fourth-order valence-electron chi connectivity index (χ4n) is 1.77. The third kappa shape index (κ3) is 4.56. The molecule has 1 atom stereocenters. The van der Waals surface area contributed by atoms with E-state index in [0.29, 0.717) is 12.6 Å². The minimum atomic E-state index is 0.379. The van der Waals surface area contributed by atoms with Crippen LogP contribution in [-0.4, -0.2) is 13.1 Å². The molecule has 0 aliphatic heterocycles. The van der Waals surface area contributed by atoms with Crippen LogP contribution >= 0.6 is 0 Å². The lowest BCUT2D eigenvalue weighted by atomic mass is 10.2. The van der Waals surface area contributed by atoms with Crippen molar-refractivity contribution in [2.24, 2.45) is 0 Å². The van der Waals surface area contributed by atoms with Gasteiger partial charge in [0.15, 0.2) is 0 Å². The monoisotopic (exact) mass is 267 g/mol. The van der Waals surface area contributed by atoms with Crippen molar-refractivity contribution in [1.82, 2.24) is 5.32 Å². The average Bonchev–Trinajstić information content (AvgIpc) is 2.52. The first-order chi connectivity index (χ1) is 9.78. The summed E-state index contributed by atoms with van der Waals surface area (Å²) in [6.45, 7) is 2.72. The summed E-state index contributed by atoms with van der Waals surface area (Å²) in [5, 5.41) is 3.17. The highest BCUT2D eigenvalue weighted by Gasteiger charge is 1.96. The summed E-state index contributed by atoms with van der Waals surface area (Å²) < 4.78 is 5.76. The Morgan fingerprint density at radius 1 is 1.05 bits per heavy atom. The van der Waals surface area contributed by atoms with Gasteiger partial charge in [-0.05, 0) is 37.2 Å². The fraction of sp³-hybridized carbons (Fsp3) is 0.222. The van der Waals surface area contributed by atoms with E-state index in [0.717, 1.165) is 5.75 Å². The van der Waals surface area contributed by atoms with Crippen molar-refractivity contribution in [3.8, 4) is 5.75 Å². The number of hydrogen-bond donors (Lipinski definition) is 1. The molecule has 2 rings (SSSR count). The van der Waals surface area contributed by atoms with Crippen molar-refractivity contribution >= 4 is 6.08 Å². The summed E-state index contributed by atoms with van der Waals surface area (Å²) in [7, 11) is 1.95. The van der Waals surface area contributed by atoms with E-state index in [-0.39, 0.29) is 0 Å². The molecular formula is C18H21NO. The fourth-order valence-corrected chi connectivity index (χ4v) is 1.77. The Hall–Kier alpha value is -2.06. The van der Waals surface area contributed by atoms with Gasteiger partial charge in [0.1, 0.15) is 12.4 Å². The Bertz CT molecular complexity index is 531. The minimum Gasteiger partial charge on any atom is -0.489 e. The van der Waals surface area contributed by atoms with Crippen LogP contribution in [-0.2, 0) is 6.61 Å². The lowest BCUT2D eigenvalue weighted by Gasteiger charge is -2.07. The summed E-state index contributed by atoms with van der Waals surface area (Å²) in [4.78, 5) is 0. The van der Waals surface area contributed by atoms with Gasteiger partial charge >= 0.3 is 0 Å². The van der Waals surface area contributed by atoms with Gasteiger partial charge in [0.2, 0.25) is 0 Å². The highest BCUT2D eigenvalue weighted by Crippen LogP contribution is 2.15. The average molecular weight is 267 g/mol. The van der Waals surface area contributed by atoms with Gasteiger partial charge in [0, 0.05) is 6.04 Å². The molecule has 2 aromatic carbocycles. The van der Waals surface area contributed by atoms with E-state index in [1.807, 2.05) is 37.4 Å². The maximum Gasteiger partial charge on any atom is 0.119 e. The molecule has 0 bridgehead atoms. The molecule has 2 nitrogen and oxygen atoms in total. The molecular weight excluding hydrogens is 246 g/mol. The van der Waals surface area contributed by atoms with E-state index < -0.39 is 0 Å². The second kappa shape index (κ2) is 7.51. The first-order valence-electron chi connectivity index (χ1n) is 6.90. The third-order valence-corrected chi connectivity index (χ3v) is 3.16. The minimum absolute atomic E-state index is 0.379. The lowest BCUT2D eigenvalue weighted by Crippen LogP contribution is -2.17. The van der Waals surface area contributed by atoms with Crippen molar-refractivity contribution in [1.29, 1.82) is 0 Å². The van der Waals surface area contributed by atoms with Crippen molar-refractivity contribution in [3.05, 3.63) is 71.8 Å². The summed E-state index contributed by atoms with van der Waals surface area (Å²) in [5.41, 5.74) is 2.36. The molecule has 0 saturated heterocycles. The van der Waals surface area contributed by atoms with Crippen LogP contribution in [0.2, 0.25) is 0 Å². The van der Waals surface area contributed by atoms with Crippen molar-refractivity contribution < 1.29 is 4.74 Å². The summed E-state index contributed by atoms with van der Waals surface area (Å²) in [6.07, 6.45) is 4.25. The van der Waals surface area contributed by atoms with Crippen LogP contribution in [0.4, 0.5) is 0 Å². The molecule has 2 aromatic rings. The van der Waals surface area contributed by atoms with Crippen LogP contribution in [0.1, 0.15) is 18.1 Å². The van der Waals surface area contributed by atoms with E-state index >= 15 is 0 Å². The highest BCUT2D eigenvalue weighted by atomic mass is 16.5. The number of nitrogens with one attached hydrogen (secondary N) is 1. The molecule has 104 valence electrons. The molecule has 0 radical (unpaired) electrons. The van der Waals surface area contributed by atoms with Crippen LogP contribution in [0.15, 0.2) is 60.7 Å². The van der Waals surface area contributed by atoms with Gasteiger partial charge < -0.3 is 10.1 Å². The largest absolute Gasteiger partial charge is 0.489 e. The molecule has 0 fully saturated rings. The first kappa shape index (κ1) is 14.4. The summed E-state index contributed by atoms with van der Waals surface area (Å²) >= 11 is 0. The molecule has 0 aliphatic rings. The summed E-state index contributed by atoms with van der Waals surface area (Å²) in [5.74, 6) is 0.896. The van der Waals surface area contributed by atoms with Crippen LogP contribution in [0, 0.1) is 0 Å². The molecule has 0 amide bonds. The van der Waals surface area contributed by atoms with Gasteiger partial charge in [-0.25, -0.2) is 0 Å². The zero-order chi connectivity index (χ0) is 14.2. The second-order valence-corrected chi connectivity index (χ2v) is 4.78. The quantitative estimate of drug-likeness (QED) is 0.857. The van der Waals surface area contributed by atoms with Gasteiger partial charge in [-0.2, -0.15) is 0 Å². The zero-order valence-electron chi connectivity index (χ0n) is 12.0. The van der Waals surface area contributed by atoms with Crippen LogP contribution in [0.5, 0.6) is 5.75 Å². The van der Waals surface area contributed by atoms with E-state index in [4.69, 9.17) is 4.74 Å². The van der Waals surface area contributed by atoms with Gasteiger partial charge in [-0.1, -0.05) is 54.6 Å². The van der Waals surface area contributed by atoms with E-state index in [1.54, 1.807) is 0 Å². The second-order valence-electron chi connectivity index (χ2n) is 4.78. The summed E-state index contributed by atoms with van der Waals surface area (Å²) in [6, 6.07) is 18.7. The van der Waals surface area contributed by atoms with Gasteiger partial charge in [-0.3, -0.25) is 0 Å². The van der Waals surface area contributed by atoms with Crippen LogP contribution in [0.3, 0.4) is 0 Å². The predicted molar refractivity (Wildman–Crippen MR) is 84.8 cm³/mol. The maximum atomic E-state index is 5.76. The Kier molecular flexibility index (Phi) is 5.39. The molecule has 0 heterocycles. The van der Waals surface area contributed by atoms with Crippen LogP contribution in [0.25, 0.3) is 6.08 Å². The topological polar surface area (TPSA) is 21.3 Å². The Morgan fingerprint density at radius 2 is 1.75 bits per heavy atom. The Labute approximate surface area is 121 Å². The Morgan fingerprint density at radius 3 is 2.40 bits per heavy atom. The lowest BCUT2D eigenvalue weighted by molar-refractivity contribution is 0.306. The predicted octanol–water partition coefficient (Wildman–Crippen LogP) is 3.89. The molecule has 2 heteroatoms. The van der Waals surface area contributed by atoms with E-state index in [1.165, 1.54) is 11.1 Å². The van der Waals surface area contributed by atoms with Crippen LogP contribution < -0.4 is 10.1 Å². The maximum absolute atomic E-state index is 5.76. The molecule has 20 heavy (non-hydrogen) atoms. The standard InChI is InChI=1S/C18H21NO/c1-15(19-2)8-9-16-10-12-18(13-11-16)20-14-17-6-4-3-5-7-17/h3-13,15,19H,14H2,1-2H3/b9-8+/t15-/m0/s1. The highest BCUT2D eigenvalue weighted by molar-refractivity contribution is 5.51. The Balaban J connectivity index is 1.90. The van der Waals surface area contributed by atoms with Crippen molar-refractivity contribution in [2.75, 3.05) is 7.05 Å². The first-order valence-corrected chi connectivity index (χ1v) is 6.90. The molecule has 0 aromatic heterocycles. The smallest absolute Gasteiger partial charge is 0.119 e. The number of likely N-dealkylation sites (N-methyl/N-ethyl adjacent to an activating group) is 1. The van der Waals surface area contributed by atoms with Gasteiger partial charge in [0.05, 0.1) is 0 Å². The number of ether oxygens (including phenoxy) is 1. The molecule has 0 unspecified atom stereocenters. The normalized spacial score (nSPS) is 12.5. The SMILES string of the molecule is CN[C@@H](C)/C=C/c1ccc(OCc2ccccc2)cc1. The number of hydrogen-bond acceptors (Lipinski definition) is 2. The number of rotatable bonds is 6. The van der Waals surface area contributed by atoms with Crippen molar-refractivity contribution in [3.63, 3.8) is 0 Å². The zero-order valence-corrected chi connectivity index (χ0v) is 12.0. The van der Waals surface area contributed by atoms with E-state index in [2.05, 4.69) is 48.7 Å². The van der Waals surface area contributed by atoms with Crippen molar-refractivity contribution in [2.45, 2.75) is 19.6 Å².